The van der Waals surface area contributed by atoms with Gasteiger partial charge >= 0.3 is 0 Å². The Morgan fingerprint density at radius 1 is 1.22 bits per heavy atom. The van der Waals surface area contributed by atoms with Crippen LogP contribution >= 0.6 is 0 Å². The van der Waals surface area contributed by atoms with E-state index in [-0.39, 0.29) is 0 Å². The minimum Gasteiger partial charge on any atom is -0.388 e. The number of hydrogen-bond acceptors (Lipinski definition) is 4. The Hall–Kier alpha value is -0.160. The van der Waals surface area contributed by atoms with Crippen LogP contribution in [0.1, 0.15) is 38.5 Å². The van der Waals surface area contributed by atoms with Gasteiger partial charge in [0, 0.05) is 19.1 Å². The second-order valence-corrected chi connectivity index (χ2v) is 6.21. The van der Waals surface area contributed by atoms with Gasteiger partial charge in [0.15, 0.2) is 0 Å². The molecule has 1 aliphatic carbocycles. The molecule has 2 unspecified atom stereocenters. The van der Waals surface area contributed by atoms with Crippen molar-refractivity contribution in [2.24, 2.45) is 0 Å². The summed E-state index contributed by atoms with van der Waals surface area (Å²) in [6.07, 6.45) is 7.30. The number of piperidine rings is 1. The highest BCUT2D eigenvalue weighted by Gasteiger charge is 2.39. The molecule has 3 fully saturated rings. The van der Waals surface area contributed by atoms with Crippen LogP contribution in [0.3, 0.4) is 0 Å². The summed E-state index contributed by atoms with van der Waals surface area (Å²) in [7, 11) is 0. The maximum absolute atomic E-state index is 10.7. The Labute approximate surface area is 110 Å². The van der Waals surface area contributed by atoms with Gasteiger partial charge in [-0.05, 0) is 38.8 Å². The topological polar surface area (TPSA) is 44.7 Å². The highest BCUT2D eigenvalue weighted by molar-refractivity contribution is 4.93. The number of fused-ring (bicyclic) bond motifs is 1. The monoisotopic (exact) mass is 254 g/mol. The fourth-order valence-electron chi connectivity index (χ4n) is 3.80. The van der Waals surface area contributed by atoms with E-state index in [4.69, 9.17) is 4.74 Å². The molecule has 0 radical (unpaired) electrons. The van der Waals surface area contributed by atoms with Crippen LogP contribution < -0.4 is 5.32 Å². The minimum atomic E-state index is -0.468. The van der Waals surface area contributed by atoms with Crippen molar-refractivity contribution in [3.05, 3.63) is 0 Å². The summed E-state index contributed by atoms with van der Waals surface area (Å²) < 4.78 is 5.90. The number of ether oxygens (including phenoxy) is 1. The molecular weight excluding hydrogens is 228 g/mol. The predicted octanol–water partition coefficient (Wildman–Crippen LogP) is 0.744. The van der Waals surface area contributed by atoms with Crippen molar-refractivity contribution >= 4 is 0 Å². The van der Waals surface area contributed by atoms with Crippen molar-refractivity contribution in [1.82, 2.24) is 10.2 Å². The fourth-order valence-corrected chi connectivity index (χ4v) is 3.80. The average molecular weight is 254 g/mol. The summed E-state index contributed by atoms with van der Waals surface area (Å²) in [6.45, 7) is 4.59. The van der Waals surface area contributed by atoms with Gasteiger partial charge in [0.1, 0.15) is 0 Å². The number of nitrogens with zero attached hydrogens (tertiary/aromatic N) is 1. The van der Waals surface area contributed by atoms with Crippen LogP contribution in [0.15, 0.2) is 0 Å². The van der Waals surface area contributed by atoms with E-state index < -0.39 is 5.60 Å². The van der Waals surface area contributed by atoms with E-state index in [2.05, 4.69) is 10.2 Å². The lowest BCUT2D eigenvalue weighted by Crippen LogP contribution is -2.58. The normalized spacial score (nSPS) is 37.2. The lowest BCUT2D eigenvalue weighted by atomic mass is 9.87. The Bertz CT molecular complexity index is 277. The van der Waals surface area contributed by atoms with Crippen molar-refractivity contribution in [2.45, 2.75) is 56.3 Å². The van der Waals surface area contributed by atoms with Gasteiger partial charge in [-0.25, -0.2) is 0 Å². The van der Waals surface area contributed by atoms with E-state index in [1.165, 1.54) is 25.7 Å². The molecule has 2 aliphatic heterocycles. The van der Waals surface area contributed by atoms with Crippen molar-refractivity contribution in [3.63, 3.8) is 0 Å². The molecule has 0 bridgehead atoms. The largest absolute Gasteiger partial charge is 0.388 e. The standard InChI is InChI=1S/C14H26N2O2/c17-14(5-7-15-8-6-14)11-16-9-10-18-13-4-2-1-3-12(13)16/h12-13,15,17H,1-11H2. The van der Waals surface area contributed by atoms with Crippen LogP contribution in [0.25, 0.3) is 0 Å². The maximum Gasteiger partial charge on any atom is 0.0798 e. The summed E-state index contributed by atoms with van der Waals surface area (Å²) in [5, 5.41) is 14.0. The van der Waals surface area contributed by atoms with E-state index >= 15 is 0 Å². The minimum absolute atomic E-state index is 0.429. The molecule has 0 aromatic carbocycles. The molecule has 2 heterocycles. The molecule has 4 heteroatoms. The second kappa shape index (κ2) is 5.45. The van der Waals surface area contributed by atoms with E-state index in [9.17, 15) is 5.11 Å². The molecule has 0 spiro atoms. The zero-order valence-corrected chi connectivity index (χ0v) is 11.2. The van der Waals surface area contributed by atoms with Crippen LogP contribution in [0, 0.1) is 0 Å². The number of nitrogens with one attached hydrogen (secondary N) is 1. The van der Waals surface area contributed by atoms with Crippen LogP contribution in [-0.2, 0) is 4.74 Å². The van der Waals surface area contributed by atoms with Gasteiger partial charge in [-0.3, -0.25) is 4.90 Å². The van der Waals surface area contributed by atoms with E-state index in [0.717, 1.165) is 45.6 Å². The second-order valence-electron chi connectivity index (χ2n) is 6.21. The summed E-state index contributed by atoms with van der Waals surface area (Å²) >= 11 is 0. The third kappa shape index (κ3) is 2.72. The zero-order chi connectivity index (χ0) is 12.4. The third-order valence-electron chi connectivity index (χ3n) is 4.88. The Kier molecular flexibility index (Phi) is 3.89. The first kappa shape index (κ1) is 12.9. The maximum atomic E-state index is 10.7. The first-order valence-corrected chi connectivity index (χ1v) is 7.56. The third-order valence-corrected chi connectivity index (χ3v) is 4.88. The van der Waals surface area contributed by atoms with E-state index in [0.29, 0.717) is 12.1 Å². The summed E-state index contributed by atoms with van der Waals surface area (Å²) in [5.41, 5.74) is -0.468. The molecule has 0 aromatic rings. The van der Waals surface area contributed by atoms with Crippen molar-refractivity contribution in [3.8, 4) is 0 Å². The SMILES string of the molecule is OC1(CN2CCOC3CCCCC32)CCNCC1. The van der Waals surface area contributed by atoms with Gasteiger partial charge in [0.25, 0.3) is 0 Å². The Morgan fingerprint density at radius 3 is 2.83 bits per heavy atom. The molecule has 4 nitrogen and oxygen atoms in total. The van der Waals surface area contributed by atoms with Gasteiger partial charge < -0.3 is 15.2 Å². The molecule has 104 valence electrons. The number of morpholine rings is 1. The molecule has 2 saturated heterocycles. The number of β-amino-alcohol motifs (C(OH)–C–C–N with tert-alkyl or cyclic N) is 1. The highest BCUT2D eigenvalue weighted by Crippen LogP contribution is 2.30. The van der Waals surface area contributed by atoms with E-state index in [1.807, 2.05) is 0 Å². The number of rotatable bonds is 2. The molecule has 18 heavy (non-hydrogen) atoms. The molecular formula is C14H26N2O2. The van der Waals surface area contributed by atoms with E-state index in [1.54, 1.807) is 0 Å². The zero-order valence-electron chi connectivity index (χ0n) is 11.2. The molecule has 3 aliphatic rings. The van der Waals surface area contributed by atoms with Crippen LogP contribution in [0.2, 0.25) is 0 Å². The van der Waals surface area contributed by atoms with Gasteiger partial charge in [-0.2, -0.15) is 0 Å². The van der Waals surface area contributed by atoms with Gasteiger partial charge in [0.2, 0.25) is 0 Å². The summed E-state index contributed by atoms with van der Waals surface area (Å²) in [4.78, 5) is 2.51. The van der Waals surface area contributed by atoms with Crippen molar-refractivity contribution in [1.29, 1.82) is 0 Å². The van der Waals surface area contributed by atoms with Gasteiger partial charge in [0.05, 0.1) is 18.3 Å². The molecule has 0 amide bonds. The number of aliphatic hydroxyl groups is 1. The molecule has 2 N–H and O–H groups in total. The van der Waals surface area contributed by atoms with Crippen molar-refractivity contribution < 1.29 is 9.84 Å². The lowest BCUT2D eigenvalue weighted by molar-refractivity contribution is -0.117. The van der Waals surface area contributed by atoms with Gasteiger partial charge in [-0.1, -0.05) is 12.8 Å². The Balaban J connectivity index is 1.63. The van der Waals surface area contributed by atoms with Crippen LogP contribution in [0.4, 0.5) is 0 Å². The number of hydrogen-bond donors (Lipinski definition) is 2. The van der Waals surface area contributed by atoms with Gasteiger partial charge in [-0.15, -0.1) is 0 Å². The molecule has 1 saturated carbocycles. The highest BCUT2D eigenvalue weighted by atomic mass is 16.5. The molecule has 3 rings (SSSR count). The van der Waals surface area contributed by atoms with Crippen molar-refractivity contribution in [2.75, 3.05) is 32.8 Å². The van der Waals surface area contributed by atoms with Crippen LogP contribution in [-0.4, -0.2) is 60.5 Å². The smallest absolute Gasteiger partial charge is 0.0798 e. The fraction of sp³-hybridized carbons (Fsp3) is 1.00. The first-order chi connectivity index (χ1) is 8.77. The first-order valence-electron chi connectivity index (χ1n) is 7.56. The molecule has 2 atom stereocenters. The quantitative estimate of drug-likeness (QED) is 0.763. The Morgan fingerprint density at radius 2 is 2.00 bits per heavy atom. The predicted molar refractivity (Wildman–Crippen MR) is 70.6 cm³/mol. The summed E-state index contributed by atoms with van der Waals surface area (Å²) in [5.74, 6) is 0. The molecule has 0 aromatic heterocycles. The average Bonchev–Trinajstić information content (AvgIpc) is 2.40. The van der Waals surface area contributed by atoms with Crippen LogP contribution in [0.5, 0.6) is 0 Å². The lowest BCUT2D eigenvalue weighted by Gasteiger charge is -2.47. The summed E-state index contributed by atoms with van der Waals surface area (Å²) in [6, 6.07) is 0.561.